The molecule has 8 heteroatoms. The number of carbonyl (C=O) groups is 1. The number of carbonyl (C=O) groups excluding carboxylic acids is 1. The molecule has 1 aliphatic rings. The number of pyridine rings is 1. The molecule has 0 saturated heterocycles. The second-order valence-corrected chi connectivity index (χ2v) is 7.76. The van der Waals surface area contributed by atoms with E-state index >= 15 is 0 Å². The molecule has 2 aromatic carbocycles. The number of aldehydes is 1. The molecular weight excluding hydrogens is 416 g/mol. The molecule has 164 valence electrons. The van der Waals surface area contributed by atoms with Gasteiger partial charge in [-0.15, -0.1) is 0 Å². The minimum absolute atomic E-state index is 0.312. The largest absolute Gasteiger partial charge is 0.378 e. The minimum Gasteiger partial charge on any atom is -0.378 e. The lowest BCUT2D eigenvalue weighted by Gasteiger charge is -2.21. The van der Waals surface area contributed by atoms with E-state index in [-0.39, 0.29) is 5.69 Å². The molecule has 4 N–H and O–H groups in total. The van der Waals surface area contributed by atoms with E-state index in [4.69, 9.17) is 4.98 Å². The number of H-pyrrole nitrogens is 2. The Morgan fingerprint density at radius 1 is 1.00 bits per heavy atom. The van der Waals surface area contributed by atoms with Crippen molar-refractivity contribution in [1.82, 2.24) is 30.8 Å². The summed E-state index contributed by atoms with van der Waals surface area (Å²) in [4.78, 5) is 30.3. The quantitative estimate of drug-likeness (QED) is 0.330. The first-order chi connectivity index (χ1) is 16.2. The maximum atomic E-state index is 11.6. The Morgan fingerprint density at radius 2 is 1.82 bits per heavy atom. The zero-order chi connectivity index (χ0) is 22.6. The lowest BCUT2D eigenvalue weighted by Crippen LogP contribution is -2.21. The van der Waals surface area contributed by atoms with Gasteiger partial charge in [-0.1, -0.05) is 54.6 Å². The van der Waals surface area contributed by atoms with E-state index in [1.807, 2.05) is 36.4 Å². The molecule has 2 aromatic heterocycles. The van der Waals surface area contributed by atoms with Gasteiger partial charge in [0.05, 0.1) is 17.9 Å². The molecule has 1 atom stereocenters. The van der Waals surface area contributed by atoms with Crippen molar-refractivity contribution in [3.63, 3.8) is 0 Å². The first-order valence-electron chi connectivity index (χ1n) is 10.6. The summed E-state index contributed by atoms with van der Waals surface area (Å²) < 4.78 is 0. The lowest BCUT2D eigenvalue weighted by atomic mass is 9.93. The number of fused-ring (bicyclic) bond motifs is 1. The molecule has 0 fully saturated rings. The fourth-order valence-corrected chi connectivity index (χ4v) is 3.91. The molecule has 1 aliphatic heterocycles. The van der Waals surface area contributed by atoms with Crippen LogP contribution in [0.15, 0.2) is 71.7 Å². The van der Waals surface area contributed by atoms with Gasteiger partial charge >= 0.3 is 5.69 Å². The highest BCUT2D eigenvalue weighted by Crippen LogP contribution is 2.35. The normalized spacial score (nSPS) is 14.5. The van der Waals surface area contributed by atoms with Crippen molar-refractivity contribution in [2.75, 3.05) is 0 Å². The number of hydrogen-bond acceptors (Lipinski definition) is 6. The third kappa shape index (κ3) is 4.37. The summed E-state index contributed by atoms with van der Waals surface area (Å²) in [6.45, 7) is 1.09. The van der Waals surface area contributed by atoms with Crippen molar-refractivity contribution in [2.45, 2.75) is 19.1 Å². The maximum absolute atomic E-state index is 11.6. The molecule has 0 saturated carbocycles. The van der Waals surface area contributed by atoms with Crippen LogP contribution in [0.1, 0.15) is 28.7 Å². The molecule has 33 heavy (non-hydrogen) atoms. The van der Waals surface area contributed by atoms with Crippen molar-refractivity contribution in [3.8, 4) is 22.4 Å². The molecule has 0 aliphatic carbocycles. The average molecular weight is 438 g/mol. The van der Waals surface area contributed by atoms with Gasteiger partial charge in [-0.2, -0.15) is 5.10 Å². The topological polar surface area (TPSA) is 116 Å². The number of benzene rings is 2. The molecule has 0 spiro atoms. The van der Waals surface area contributed by atoms with Crippen LogP contribution in [-0.4, -0.2) is 26.5 Å². The molecule has 8 nitrogen and oxygen atoms in total. The van der Waals surface area contributed by atoms with Gasteiger partial charge < -0.3 is 15.4 Å². The molecule has 0 bridgehead atoms. The van der Waals surface area contributed by atoms with E-state index in [0.717, 1.165) is 45.5 Å². The summed E-state index contributed by atoms with van der Waals surface area (Å²) in [6.07, 6.45) is 4.56. The summed E-state index contributed by atoms with van der Waals surface area (Å²) in [5.41, 5.74) is 6.32. The molecule has 0 radical (unpaired) electrons. The summed E-state index contributed by atoms with van der Waals surface area (Å²) >= 11 is 0. The summed E-state index contributed by atoms with van der Waals surface area (Å²) in [5.74, 6) is 0.568. The summed E-state index contributed by atoms with van der Waals surface area (Å²) in [6, 6.07) is 19.9. The fourth-order valence-electron chi connectivity index (χ4n) is 3.91. The van der Waals surface area contributed by atoms with Crippen LogP contribution in [0.5, 0.6) is 0 Å². The number of aromatic amines is 2. The van der Waals surface area contributed by atoms with Crippen LogP contribution in [0.2, 0.25) is 0 Å². The zero-order valence-corrected chi connectivity index (χ0v) is 17.7. The fraction of sp³-hybridized carbons (Fsp3) is 0.120. The Morgan fingerprint density at radius 3 is 2.55 bits per heavy atom. The standard InChI is InChI=1S/C25H22N6O2/c32-15-22-20-12-19(17-4-2-1-3-5-17)24(28-21(20)10-11-27-22)18-8-6-16(7-9-18)13-26-14-23-29-25(33)31-30-23/h1-12,15,22,26-27H,13-14H2,(H2,29,30,31,33). The predicted octanol–water partition coefficient (Wildman–Crippen LogP) is 2.93. The van der Waals surface area contributed by atoms with Crippen molar-refractivity contribution in [2.24, 2.45) is 0 Å². The second-order valence-electron chi connectivity index (χ2n) is 7.76. The smallest absolute Gasteiger partial charge is 0.340 e. The summed E-state index contributed by atoms with van der Waals surface area (Å²) in [7, 11) is 0. The number of hydrogen-bond donors (Lipinski definition) is 4. The predicted molar refractivity (Wildman–Crippen MR) is 126 cm³/mol. The van der Waals surface area contributed by atoms with Crippen LogP contribution < -0.4 is 16.3 Å². The first kappa shape index (κ1) is 20.6. The van der Waals surface area contributed by atoms with Crippen molar-refractivity contribution in [3.05, 3.63) is 100.0 Å². The highest BCUT2D eigenvalue weighted by molar-refractivity contribution is 5.84. The Hall–Kier alpha value is -4.30. The number of aromatic nitrogens is 4. The van der Waals surface area contributed by atoms with E-state index in [1.54, 1.807) is 6.20 Å². The molecule has 3 heterocycles. The maximum Gasteiger partial charge on any atom is 0.340 e. The van der Waals surface area contributed by atoms with Gasteiger partial charge in [0.2, 0.25) is 0 Å². The van der Waals surface area contributed by atoms with E-state index < -0.39 is 6.04 Å². The van der Waals surface area contributed by atoms with E-state index in [1.165, 1.54) is 0 Å². The van der Waals surface area contributed by atoms with Crippen LogP contribution in [0.25, 0.3) is 28.5 Å². The van der Waals surface area contributed by atoms with Gasteiger partial charge in [0.15, 0.2) is 0 Å². The highest BCUT2D eigenvalue weighted by atomic mass is 16.1. The molecule has 5 rings (SSSR count). The van der Waals surface area contributed by atoms with E-state index in [0.29, 0.717) is 18.9 Å². The van der Waals surface area contributed by atoms with Crippen molar-refractivity contribution < 1.29 is 4.79 Å². The van der Waals surface area contributed by atoms with E-state index in [9.17, 15) is 9.59 Å². The van der Waals surface area contributed by atoms with Gasteiger partial charge in [-0.25, -0.2) is 14.9 Å². The Bertz CT molecular complexity index is 1360. The van der Waals surface area contributed by atoms with Gasteiger partial charge in [0.1, 0.15) is 18.2 Å². The monoisotopic (exact) mass is 438 g/mol. The Kier molecular flexibility index (Phi) is 5.65. The second kappa shape index (κ2) is 9.05. The molecule has 0 amide bonds. The van der Waals surface area contributed by atoms with Crippen LogP contribution in [0, 0.1) is 0 Å². The zero-order valence-electron chi connectivity index (χ0n) is 17.7. The average Bonchev–Trinajstić information content (AvgIpc) is 3.28. The Labute approximate surface area is 189 Å². The van der Waals surface area contributed by atoms with Crippen molar-refractivity contribution in [1.29, 1.82) is 0 Å². The van der Waals surface area contributed by atoms with Crippen LogP contribution in [-0.2, 0) is 17.9 Å². The Balaban J connectivity index is 1.45. The van der Waals surface area contributed by atoms with Crippen LogP contribution in [0.3, 0.4) is 0 Å². The third-order valence-corrected chi connectivity index (χ3v) is 5.56. The number of nitrogens with zero attached hydrogens (tertiary/aromatic N) is 2. The van der Waals surface area contributed by atoms with Crippen molar-refractivity contribution >= 4 is 12.4 Å². The number of nitrogens with one attached hydrogen (secondary N) is 4. The number of rotatable bonds is 7. The third-order valence-electron chi connectivity index (χ3n) is 5.56. The SMILES string of the molecule is O=CC1NC=Cc2nc(-c3ccc(CNCc4n[nH]c(=O)[nH]4)cc3)c(-c3ccccc3)cc21. The van der Waals surface area contributed by atoms with Gasteiger partial charge in [0.25, 0.3) is 0 Å². The minimum atomic E-state index is -0.410. The van der Waals surface area contributed by atoms with E-state index in [2.05, 4.69) is 56.1 Å². The molecular formula is C25H22N6O2. The van der Waals surface area contributed by atoms with Gasteiger partial charge in [0, 0.05) is 23.2 Å². The van der Waals surface area contributed by atoms with Crippen LogP contribution >= 0.6 is 0 Å². The highest BCUT2D eigenvalue weighted by Gasteiger charge is 2.21. The molecule has 4 aromatic rings. The van der Waals surface area contributed by atoms with Gasteiger partial charge in [-0.05, 0) is 29.5 Å². The van der Waals surface area contributed by atoms with Gasteiger partial charge in [-0.3, -0.25) is 4.98 Å². The first-order valence-corrected chi connectivity index (χ1v) is 10.6. The molecule has 1 unspecified atom stereocenters. The lowest BCUT2D eigenvalue weighted by molar-refractivity contribution is -0.109. The summed E-state index contributed by atoms with van der Waals surface area (Å²) in [5, 5.41) is 12.6. The van der Waals surface area contributed by atoms with Crippen LogP contribution in [0.4, 0.5) is 0 Å².